The Kier molecular flexibility index (Phi) is 11.2. The average Bonchev–Trinajstić information content (AvgIpc) is 3.67. The van der Waals surface area contributed by atoms with Crippen LogP contribution in [-0.2, 0) is 44.7 Å². The predicted octanol–water partition coefficient (Wildman–Crippen LogP) is 6.84. The van der Waals surface area contributed by atoms with Gasteiger partial charge in [-0.1, -0.05) is 25.7 Å². The summed E-state index contributed by atoms with van der Waals surface area (Å²) < 4.78 is 10.5. The molecule has 0 fully saturated rings. The minimum Gasteiger partial charge on any atom is -0.462 e. The van der Waals surface area contributed by atoms with Crippen molar-refractivity contribution in [2.75, 3.05) is 23.8 Å². The number of unbranched alkanes of at least 4 members (excludes halogenated alkanes) is 5. The van der Waals surface area contributed by atoms with Crippen LogP contribution < -0.4 is 10.6 Å². The van der Waals surface area contributed by atoms with Crippen LogP contribution in [0.2, 0.25) is 0 Å². The normalized spacial score (nSPS) is 13.6. The van der Waals surface area contributed by atoms with Crippen molar-refractivity contribution in [2.45, 2.75) is 104 Å². The molecule has 2 aliphatic carbocycles. The Labute approximate surface area is 244 Å². The SMILES string of the molecule is CCOC(=O)c1c(NC(=O)CCCCCCCCC(=O)Nc2sc3c(c2C(=O)OCC)CCC3)sc2c1CCC2. The summed E-state index contributed by atoms with van der Waals surface area (Å²) in [5.41, 5.74) is 3.20. The number of carbonyl (C=O) groups excluding carboxylic acids is 4. The molecule has 0 aromatic carbocycles. The number of thiophene rings is 2. The fourth-order valence-corrected chi connectivity index (χ4v) is 8.07. The summed E-state index contributed by atoms with van der Waals surface area (Å²) >= 11 is 3.02. The van der Waals surface area contributed by atoms with Gasteiger partial charge in [0, 0.05) is 22.6 Å². The van der Waals surface area contributed by atoms with Gasteiger partial charge in [-0.3, -0.25) is 9.59 Å². The number of fused-ring (bicyclic) bond motifs is 2. The molecule has 0 saturated carbocycles. The highest BCUT2D eigenvalue weighted by atomic mass is 32.1. The third kappa shape index (κ3) is 7.51. The second-order valence-electron chi connectivity index (χ2n) is 10.3. The number of hydrogen-bond donors (Lipinski definition) is 2. The molecule has 0 saturated heterocycles. The van der Waals surface area contributed by atoms with Crippen LogP contribution >= 0.6 is 22.7 Å². The van der Waals surface area contributed by atoms with Gasteiger partial charge in [-0.05, 0) is 76.3 Å². The molecule has 0 aliphatic heterocycles. The maximum absolute atomic E-state index is 12.6. The van der Waals surface area contributed by atoms with Gasteiger partial charge < -0.3 is 20.1 Å². The van der Waals surface area contributed by atoms with Gasteiger partial charge >= 0.3 is 11.9 Å². The highest BCUT2D eigenvalue weighted by Crippen LogP contribution is 2.40. The Morgan fingerprint density at radius 3 is 1.43 bits per heavy atom. The van der Waals surface area contributed by atoms with Crippen molar-refractivity contribution in [3.05, 3.63) is 32.0 Å². The quantitative estimate of drug-likeness (QED) is 0.174. The Morgan fingerprint density at radius 1 is 0.625 bits per heavy atom. The molecule has 2 amide bonds. The van der Waals surface area contributed by atoms with Gasteiger partial charge in [0.2, 0.25) is 11.8 Å². The van der Waals surface area contributed by atoms with E-state index in [1.807, 2.05) is 0 Å². The summed E-state index contributed by atoms with van der Waals surface area (Å²) in [4.78, 5) is 52.4. The number of rotatable bonds is 15. The lowest BCUT2D eigenvalue weighted by Crippen LogP contribution is -2.15. The molecule has 40 heavy (non-hydrogen) atoms. The standard InChI is InChI=1S/C30H40N2O6S2/c1-3-37-29(35)25-19-13-11-15-21(19)39-27(25)31-23(33)17-9-7-5-6-8-10-18-24(34)32-28-26(30(36)38-4-2)20-14-12-16-22(20)40-28/h3-18H2,1-2H3,(H,31,33)(H,32,34). The monoisotopic (exact) mass is 588 g/mol. The molecule has 2 heterocycles. The molecule has 0 unspecified atom stereocenters. The zero-order valence-electron chi connectivity index (χ0n) is 23.6. The number of anilines is 2. The van der Waals surface area contributed by atoms with E-state index >= 15 is 0 Å². The van der Waals surface area contributed by atoms with Crippen molar-refractivity contribution in [1.82, 2.24) is 0 Å². The molecule has 4 rings (SSSR count). The highest BCUT2D eigenvalue weighted by Gasteiger charge is 2.29. The van der Waals surface area contributed by atoms with Crippen LogP contribution in [0.15, 0.2) is 0 Å². The largest absolute Gasteiger partial charge is 0.462 e. The van der Waals surface area contributed by atoms with Crippen LogP contribution in [0.1, 0.15) is 120 Å². The number of aryl methyl sites for hydroxylation is 2. The first-order valence-corrected chi connectivity index (χ1v) is 16.3. The van der Waals surface area contributed by atoms with Crippen molar-refractivity contribution in [1.29, 1.82) is 0 Å². The van der Waals surface area contributed by atoms with Crippen LogP contribution in [0.5, 0.6) is 0 Å². The molecule has 2 aliphatic rings. The van der Waals surface area contributed by atoms with Gasteiger partial charge in [-0.2, -0.15) is 0 Å². The second kappa shape index (κ2) is 14.8. The van der Waals surface area contributed by atoms with Crippen molar-refractivity contribution >= 4 is 56.4 Å². The lowest BCUT2D eigenvalue weighted by molar-refractivity contribution is -0.117. The van der Waals surface area contributed by atoms with Gasteiger partial charge in [-0.15, -0.1) is 22.7 Å². The molecule has 0 atom stereocenters. The molecule has 2 N–H and O–H groups in total. The van der Waals surface area contributed by atoms with Gasteiger partial charge in [0.15, 0.2) is 0 Å². The van der Waals surface area contributed by atoms with E-state index in [0.717, 1.165) is 88.2 Å². The fourth-order valence-electron chi connectivity index (χ4n) is 5.48. The minimum atomic E-state index is -0.343. The molecular weight excluding hydrogens is 548 g/mol. The second-order valence-corrected chi connectivity index (χ2v) is 12.5. The van der Waals surface area contributed by atoms with E-state index in [2.05, 4.69) is 10.6 Å². The van der Waals surface area contributed by atoms with Gasteiger partial charge in [0.05, 0.1) is 24.3 Å². The van der Waals surface area contributed by atoms with Crippen molar-refractivity contribution in [2.24, 2.45) is 0 Å². The molecule has 0 bridgehead atoms. The zero-order chi connectivity index (χ0) is 28.5. The number of hydrogen-bond acceptors (Lipinski definition) is 8. The van der Waals surface area contributed by atoms with Gasteiger partial charge in [0.25, 0.3) is 0 Å². The first kappa shape index (κ1) is 30.2. The Balaban J connectivity index is 1.11. The first-order valence-electron chi connectivity index (χ1n) is 14.7. The van der Waals surface area contributed by atoms with Crippen molar-refractivity contribution in [3.63, 3.8) is 0 Å². The van der Waals surface area contributed by atoms with E-state index in [4.69, 9.17) is 9.47 Å². The van der Waals surface area contributed by atoms with E-state index in [9.17, 15) is 19.2 Å². The van der Waals surface area contributed by atoms with E-state index < -0.39 is 0 Å². The van der Waals surface area contributed by atoms with Crippen LogP contribution in [-0.4, -0.2) is 37.0 Å². The minimum absolute atomic E-state index is 0.0658. The molecule has 0 spiro atoms. The van der Waals surface area contributed by atoms with Crippen LogP contribution in [0, 0.1) is 0 Å². The lowest BCUT2D eigenvalue weighted by Gasteiger charge is -2.08. The third-order valence-electron chi connectivity index (χ3n) is 7.37. The number of esters is 2. The Bertz CT molecular complexity index is 1140. The number of carbonyl (C=O) groups is 4. The maximum atomic E-state index is 12.6. The van der Waals surface area contributed by atoms with Crippen molar-refractivity contribution in [3.8, 4) is 0 Å². The molecule has 8 nitrogen and oxygen atoms in total. The number of amides is 2. The summed E-state index contributed by atoms with van der Waals surface area (Å²) in [6.45, 7) is 4.20. The summed E-state index contributed by atoms with van der Waals surface area (Å²) in [6, 6.07) is 0. The third-order valence-corrected chi connectivity index (χ3v) is 9.78. The zero-order valence-corrected chi connectivity index (χ0v) is 25.2. The smallest absolute Gasteiger partial charge is 0.341 e. The molecular formula is C30H40N2O6S2. The first-order chi connectivity index (χ1) is 19.4. The van der Waals surface area contributed by atoms with E-state index in [-0.39, 0.29) is 23.8 Å². The fraction of sp³-hybridized carbons (Fsp3) is 0.600. The van der Waals surface area contributed by atoms with Crippen LogP contribution in [0.25, 0.3) is 0 Å². The maximum Gasteiger partial charge on any atom is 0.341 e. The average molecular weight is 589 g/mol. The predicted molar refractivity (Wildman–Crippen MR) is 159 cm³/mol. The summed E-state index contributed by atoms with van der Waals surface area (Å²) in [5, 5.41) is 7.18. The molecule has 218 valence electrons. The summed E-state index contributed by atoms with van der Waals surface area (Å²) in [7, 11) is 0. The van der Waals surface area contributed by atoms with Crippen LogP contribution in [0.3, 0.4) is 0 Å². The Morgan fingerprint density at radius 2 is 1.02 bits per heavy atom. The van der Waals surface area contributed by atoms with Gasteiger partial charge in [0.1, 0.15) is 10.0 Å². The molecule has 0 radical (unpaired) electrons. The van der Waals surface area contributed by atoms with E-state index in [1.165, 1.54) is 32.4 Å². The van der Waals surface area contributed by atoms with E-state index in [0.29, 0.717) is 47.2 Å². The van der Waals surface area contributed by atoms with Crippen LogP contribution in [0.4, 0.5) is 10.0 Å². The topological polar surface area (TPSA) is 111 Å². The highest BCUT2D eigenvalue weighted by molar-refractivity contribution is 7.17. The molecule has 10 heteroatoms. The van der Waals surface area contributed by atoms with E-state index in [1.54, 1.807) is 13.8 Å². The molecule has 2 aromatic rings. The summed E-state index contributed by atoms with van der Waals surface area (Å²) in [5.74, 6) is -0.818. The van der Waals surface area contributed by atoms with Gasteiger partial charge in [-0.25, -0.2) is 9.59 Å². The number of ether oxygens (including phenoxy) is 2. The van der Waals surface area contributed by atoms with Crippen molar-refractivity contribution < 1.29 is 28.7 Å². The lowest BCUT2D eigenvalue weighted by atomic mass is 10.1. The molecule has 2 aromatic heterocycles. The number of nitrogens with one attached hydrogen (secondary N) is 2. The summed E-state index contributed by atoms with van der Waals surface area (Å²) in [6.07, 6.45) is 12.0. The Hall–Kier alpha value is -2.72.